The number of fused-ring (bicyclic) bond motifs is 1. The van der Waals surface area contributed by atoms with Crippen molar-refractivity contribution < 1.29 is 17.9 Å². The summed E-state index contributed by atoms with van der Waals surface area (Å²) in [4.78, 5) is 14.8. The molecule has 24 heavy (non-hydrogen) atoms. The first-order valence-electron chi connectivity index (χ1n) is 7.19. The van der Waals surface area contributed by atoms with Gasteiger partial charge < -0.3 is 9.64 Å². The monoisotopic (exact) mass is 336 g/mol. The summed E-state index contributed by atoms with van der Waals surface area (Å²) in [5, 5.41) is 0. The topological polar surface area (TPSA) is 50.6 Å². The first-order valence-corrected chi connectivity index (χ1v) is 7.19. The quantitative estimate of drug-likeness (QED) is 0.852. The van der Waals surface area contributed by atoms with Gasteiger partial charge in [0.05, 0.1) is 18.4 Å². The molecule has 0 spiro atoms. The van der Waals surface area contributed by atoms with Crippen molar-refractivity contribution in [2.45, 2.75) is 19.5 Å². The number of aliphatic imine (C=N–C) groups is 1. The second kappa shape index (κ2) is 5.77. The molecule has 1 aromatic carbocycles. The summed E-state index contributed by atoms with van der Waals surface area (Å²) in [6.07, 6.45) is -3.77. The van der Waals surface area contributed by atoms with E-state index in [2.05, 4.69) is 15.0 Å². The number of anilines is 2. The van der Waals surface area contributed by atoms with Crippen LogP contribution in [0.1, 0.15) is 18.2 Å². The first kappa shape index (κ1) is 16.2. The maximum absolute atomic E-state index is 12.7. The number of alkyl halides is 3. The minimum atomic E-state index is -4.36. The number of hydrogen-bond acceptors (Lipinski definition) is 5. The Hall–Kier alpha value is -2.64. The molecule has 126 valence electrons. The van der Waals surface area contributed by atoms with Crippen LogP contribution < -0.4 is 9.64 Å². The summed E-state index contributed by atoms with van der Waals surface area (Å²) in [5.41, 5.74) is 1.48. The van der Waals surface area contributed by atoms with Crippen LogP contribution in [-0.2, 0) is 12.6 Å². The number of benzene rings is 1. The molecule has 0 atom stereocenters. The van der Waals surface area contributed by atoms with Gasteiger partial charge in [0.1, 0.15) is 0 Å². The van der Waals surface area contributed by atoms with Gasteiger partial charge in [-0.2, -0.15) is 18.2 Å². The van der Waals surface area contributed by atoms with Gasteiger partial charge in [-0.25, -0.2) is 9.98 Å². The Balaban J connectivity index is 1.96. The zero-order valence-corrected chi connectivity index (χ0v) is 13.3. The first-order chi connectivity index (χ1) is 11.3. The van der Waals surface area contributed by atoms with E-state index in [0.717, 1.165) is 23.5 Å². The number of nitrogens with zero attached hydrogens (tertiary/aromatic N) is 4. The molecule has 0 fully saturated rings. The summed E-state index contributed by atoms with van der Waals surface area (Å²) in [6.45, 7) is 1.88. The third-order valence-corrected chi connectivity index (χ3v) is 3.71. The van der Waals surface area contributed by atoms with Crippen molar-refractivity contribution in [1.29, 1.82) is 0 Å². The van der Waals surface area contributed by atoms with Crippen LogP contribution in [0.5, 0.6) is 5.88 Å². The molecule has 0 amide bonds. The summed E-state index contributed by atoms with van der Waals surface area (Å²) < 4.78 is 43.3. The maximum atomic E-state index is 12.7. The number of aromatic nitrogens is 2. The number of ether oxygens (including phenoxy) is 1. The van der Waals surface area contributed by atoms with E-state index in [4.69, 9.17) is 4.74 Å². The van der Waals surface area contributed by atoms with Crippen LogP contribution in [0.2, 0.25) is 0 Å². The van der Waals surface area contributed by atoms with Gasteiger partial charge in [0.2, 0.25) is 0 Å². The van der Waals surface area contributed by atoms with Gasteiger partial charge in [0.15, 0.2) is 11.6 Å². The fourth-order valence-electron chi connectivity index (χ4n) is 2.46. The third-order valence-electron chi connectivity index (χ3n) is 3.71. The molecular formula is C16H15F3N4O. The minimum absolute atomic E-state index is 0.273. The van der Waals surface area contributed by atoms with Crippen LogP contribution in [0.4, 0.5) is 30.5 Å². The normalized spacial score (nSPS) is 13.5. The summed E-state index contributed by atoms with van der Waals surface area (Å²) >= 11 is 0. The molecule has 0 N–H and O–H groups in total. The molecule has 0 unspecified atom stereocenters. The van der Waals surface area contributed by atoms with E-state index in [1.807, 2.05) is 6.92 Å². The zero-order chi connectivity index (χ0) is 17.5. The molecule has 3 rings (SSSR count). The van der Waals surface area contributed by atoms with E-state index in [1.54, 1.807) is 11.9 Å². The molecule has 1 aliphatic rings. The second-order valence-electron chi connectivity index (χ2n) is 5.45. The molecule has 0 saturated heterocycles. The summed E-state index contributed by atoms with van der Waals surface area (Å²) in [7, 11) is 3.16. The highest BCUT2D eigenvalue weighted by atomic mass is 19.4. The Morgan fingerprint density at radius 1 is 1.12 bits per heavy atom. The molecule has 0 saturated carbocycles. The summed E-state index contributed by atoms with van der Waals surface area (Å²) in [6, 6.07) is 4.84. The Kier molecular flexibility index (Phi) is 3.90. The van der Waals surface area contributed by atoms with E-state index in [-0.39, 0.29) is 5.88 Å². The SMILES string of the molecule is COc1nc2c(nc1N(C)c1ccc(C(F)(F)F)cc1)CC(C)=N2. The average molecular weight is 336 g/mol. The fraction of sp³-hybridized carbons (Fsp3) is 0.312. The number of halogens is 3. The highest BCUT2D eigenvalue weighted by Crippen LogP contribution is 2.36. The van der Waals surface area contributed by atoms with Crippen LogP contribution in [-0.4, -0.2) is 29.8 Å². The highest BCUT2D eigenvalue weighted by Gasteiger charge is 2.30. The molecule has 5 nitrogen and oxygen atoms in total. The average Bonchev–Trinajstić information content (AvgIpc) is 2.91. The second-order valence-corrected chi connectivity index (χ2v) is 5.45. The van der Waals surface area contributed by atoms with Gasteiger partial charge in [-0.15, -0.1) is 0 Å². The van der Waals surface area contributed by atoms with Crippen molar-refractivity contribution in [3.63, 3.8) is 0 Å². The molecule has 2 heterocycles. The van der Waals surface area contributed by atoms with Crippen LogP contribution >= 0.6 is 0 Å². The smallest absolute Gasteiger partial charge is 0.416 e. The van der Waals surface area contributed by atoms with E-state index in [0.29, 0.717) is 23.7 Å². The van der Waals surface area contributed by atoms with Gasteiger partial charge in [0, 0.05) is 24.9 Å². The minimum Gasteiger partial charge on any atom is -0.478 e. The number of hydrogen-bond donors (Lipinski definition) is 0. The number of methoxy groups -OCH3 is 1. The third kappa shape index (κ3) is 2.91. The van der Waals surface area contributed by atoms with Crippen molar-refractivity contribution in [3.05, 3.63) is 35.5 Å². The van der Waals surface area contributed by atoms with Crippen LogP contribution in [0.25, 0.3) is 0 Å². The molecule has 2 aromatic rings. The lowest BCUT2D eigenvalue weighted by molar-refractivity contribution is -0.137. The Labute approximate surface area is 136 Å². The Bertz CT molecular complexity index is 800. The molecule has 0 aliphatic carbocycles. The van der Waals surface area contributed by atoms with Gasteiger partial charge in [-0.3, -0.25) is 0 Å². The molecule has 1 aromatic heterocycles. The lowest BCUT2D eigenvalue weighted by Crippen LogP contribution is -2.15. The van der Waals surface area contributed by atoms with Crippen LogP contribution in [0, 0.1) is 0 Å². The lowest BCUT2D eigenvalue weighted by Gasteiger charge is -2.21. The van der Waals surface area contributed by atoms with Crippen molar-refractivity contribution in [2.24, 2.45) is 4.99 Å². The van der Waals surface area contributed by atoms with Gasteiger partial charge >= 0.3 is 6.18 Å². The van der Waals surface area contributed by atoms with Crippen molar-refractivity contribution in [1.82, 2.24) is 9.97 Å². The van der Waals surface area contributed by atoms with Crippen LogP contribution in [0.3, 0.4) is 0 Å². The van der Waals surface area contributed by atoms with Gasteiger partial charge in [-0.05, 0) is 31.2 Å². The lowest BCUT2D eigenvalue weighted by atomic mass is 10.2. The molecule has 1 aliphatic heterocycles. The van der Waals surface area contributed by atoms with E-state index in [1.165, 1.54) is 19.2 Å². The van der Waals surface area contributed by atoms with E-state index in [9.17, 15) is 13.2 Å². The zero-order valence-electron chi connectivity index (χ0n) is 13.3. The summed E-state index contributed by atoms with van der Waals surface area (Å²) in [5.74, 6) is 1.23. The predicted octanol–water partition coefficient (Wildman–Crippen LogP) is 3.92. The van der Waals surface area contributed by atoms with E-state index >= 15 is 0 Å². The fourth-order valence-corrected chi connectivity index (χ4v) is 2.46. The Morgan fingerprint density at radius 3 is 2.38 bits per heavy atom. The number of rotatable bonds is 3. The Morgan fingerprint density at radius 2 is 1.79 bits per heavy atom. The van der Waals surface area contributed by atoms with Crippen molar-refractivity contribution >= 4 is 23.0 Å². The van der Waals surface area contributed by atoms with Crippen LogP contribution in [0.15, 0.2) is 29.3 Å². The predicted molar refractivity (Wildman–Crippen MR) is 84.6 cm³/mol. The molecule has 8 heteroatoms. The van der Waals surface area contributed by atoms with Crippen molar-refractivity contribution in [2.75, 3.05) is 19.1 Å². The highest BCUT2D eigenvalue weighted by molar-refractivity contribution is 5.90. The molecule has 0 bridgehead atoms. The van der Waals surface area contributed by atoms with Gasteiger partial charge in [-0.1, -0.05) is 0 Å². The largest absolute Gasteiger partial charge is 0.478 e. The van der Waals surface area contributed by atoms with Crippen molar-refractivity contribution in [3.8, 4) is 5.88 Å². The molecular weight excluding hydrogens is 321 g/mol. The standard InChI is InChI=1S/C16H15F3N4O/c1-9-8-12-13(20-9)22-15(24-3)14(21-12)23(2)11-6-4-10(5-7-11)16(17,18)19/h4-7H,8H2,1-3H3. The molecule has 0 radical (unpaired) electrons. The van der Waals surface area contributed by atoms with E-state index < -0.39 is 11.7 Å². The maximum Gasteiger partial charge on any atom is 0.416 e. The van der Waals surface area contributed by atoms with Gasteiger partial charge in [0.25, 0.3) is 5.88 Å².